The lowest BCUT2D eigenvalue weighted by molar-refractivity contribution is -0.164. The van der Waals surface area contributed by atoms with Crippen molar-refractivity contribution in [3.8, 4) is 11.5 Å². The fourth-order valence-electron chi connectivity index (χ4n) is 6.31. The molecule has 11 heteroatoms. The summed E-state index contributed by atoms with van der Waals surface area (Å²) in [5.74, 6) is -3.47. The van der Waals surface area contributed by atoms with Gasteiger partial charge in [-0.1, -0.05) is 60.7 Å². The largest absolute Gasteiger partial charge is 0.481 e. The molecule has 50 heavy (non-hydrogen) atoms. The number of nitrogens with zero attached hydrogens (tertiary/aromatic N) is 2. The minimum atomic E-state index is -1.97. The predicted octanol–water partition coefficient (Wildman–Crippen LogP) is 6.33. The molecule has 6 rings (SSSR count). The number of aliphatic hydroxyl groups excluding tert-OH is 1. The van der Waals surface area contributed by atoms with Crippen molar-refractivity contribution in [3.63, 3.8) is 0 Å². The summed E-state index contributed by atoms with van der Waals surface area (Å²) in [6, 6.07) is 26.1. The Balaban J connectivity index is 1.38. The number of para-hydroxylation sites is 2. The number of amides is 1. The van der Waals surface area contributed by atoms with Crippen molar-refractivity contribution < 1.29 is 43.2 Å². The molecule has 1 aromatic heterocycles. The molecule has 5 aromatic rings. The number of hydrogen-bond donors (Lipinski definition) is 2. The van der Waals surface area contributed by atoms with Crippen LogP contribution in [0.3, 0.4) is 0 Å². The van der Waals surface area contributed by atoms with Gasteiger partial charge in [-0.3, -0.25) is 14.4 Å². The third-order valence-corrected chi connectivity index (χ3v) is 8.93. The summed E-state index contributed by atoms with van der Waals surface area (Å²) < 4.78 is 22.2. The van der Waals surface area contributed by atoms with E-state index in [2.05, 4.69) is 4.98 Å². The van der Waals surface area contributed by atoms with Crippen LogP contribution in [-0.2, 0) is 25.7 Å². The van der Waals surface area contributed by atoms with Crippen LogP contribution in [-0.4, -0.2) is 63.5 Å². The number of rotatable bonds is 14. The monoisotopic (exact) mass is 678 g/mol. The van der Waals surface area contributed by atoms with Crippen molar-refractivity contribution in [2.45, 2.75) is 51.3 Å². The van der Waals surface area contributed by atoms with Gasteiger partial charge in [0.1, 0.15) is 17.5 Å². The van der Waals surface area contributed by atoms with Crippen molar-refractivity contribution in [2.75, 3.05) is 13.4 Å². The Morgan fingerprint density at radius 1 is 0.960 bits per heavy atom. The van der Waals surface area contributed by atoms with Crippen molar-refractivity contribution in [1.29, 1.82) is 0 Å². The van der Waals surface area contributed by atoms with E-state index in [1.165, 1.54) is 4.90 Å². The van der Waals surface area contributed by atoms with Crippen molar-refractivity contribution >= 4 is 45.8 Å². The third kappa shape index (κ3) is 7.63. The lowest BCUT2D eigenvalue weighted by Crippen LogP contribution is -2.50. The van der Waals surface area contributed by atoms with E-state index in [9.17, 15) is 24.6 Å². The van der Waals surface area contributed by atoms with Gasteiger partial charge >= 0.3 is 11.9 Å². The highest BCUT2D eigenvalue weighted by Crippen LogP contribution is 2.38. The summed E-state index contributed by atoms with van der Waals surface area (Å²) >= 11 is 0. The van der Waals surface area contributed by atoms with Gasteiger partial charge in [0.2, 0.25) is 12.7 Å². The summed E-state index contributed by atoms with van der Waals surface area (Å²) in [5.41, 5.74) is 3.01. The van der Waals surface area contributed by atoms with Crippen LogP contribution < -0.4 is 9.47 Å². The molecule has 0 saturated heterocycles. The molecule has 0 unspecified atom stereocenters. The Hall–Kier alpha value is -5.68. The number of carbonyl (C=O) groups excluding carboxylic acids is 2. The molecule has 1 aliphatic heterocycles. The Morgan fingerprint density at radius 3 is 2.50 bits per heavy atom. The van der Waals surface area contributed by atoms with Gasteiger partial charge < -0.3 is 33.7 Å². The number of hydrogen-bond acceptors (Lipinski definition) is 9. The fourth-order valence-corrected chi connectivity index (χ4v) is 6.31. The molecular formula is C39H38N2O9. The summed E-state index contributed by atoms with van der Waals surface area (Å²) in [7, 11) is 0. The van der Waals surface area contributed by atoms with Crippen LogP contribution in [0.1, 0.15) is 49.6 Å². The first-order valence-corrected chi connectivity index (χ1v) is 16.5. The lowest BCUT2D eigenvalue weighted by Gasteiger charge is -2.37. The molecule has 0 saturated carbocycles. The summed E-state index contributed by atoms with van der Waals surface area (Å²) in [5, 5.41) is 23.0. The Morgan fingerprint density at radius 2 is 1.72 bits per heavy atom. The molecule has 0 bridgehead atoms. The number of aliphatic carboxylic acids is 1. The quantitative estimate of drug-likeness (QED) is 0.128. The molecule has 258 valence electrons. The van der Waals surface area contributed by atoms with E-state index in [1.807, 2.05) is 97.9 Å². The molecule has 2 N–H and O–H groups in total. The zero-order valence-electron chi connectivity index (χ0n) is 27.7. The number of allylic oxidation sites excluding steroid dienone is 1. The van der Waals surface area contributed by atoms with E-state index >= 15 is 0 Å². The average molecular weight is 679 g/mol. The first kappa shape index (κ1) is 34.2. The fraction of sp³-hybridized carbons (Fsp3) is 0.282. The normalized spacial score (nSPS) is 14.8. The average Bonchev–Trinajstić information content (AvgIpc) is 3.77. The third-order valence-electron chi connectivity index (χ3n) is 8.93. The topological polar surface area (TPSA) is 149 Å². The van der Waals surface area contributed by atoms with E-state index in [4.69, 9.17) is 18.6 Å². The van der Waals surface area contributed by atoms with Crippen molar-refractivity contribution in [3.05, 3.63) is 108 Å². The minimum Gasteiger partial charge on any atom is -0.481 e. The molecular weight excluding hydrogens is 640 g/mol. The summed E-state index contributed by atoms with van der Waals surface area (Å²) in [6.45, 7) is 3.56. The highest BCUT2D eigenvalue weighted by Gasteiger charge is 2.40. The van der Waals surface area contributed by atoms with Crippen molar-refractivity contribution in [2.24, 2.45) is 5.92 Å². The molecule has 4 atom stereocenters. The minimum absolute atomic E-state index is 0.0360. The van der Waals surface area contributed by atoms with Crippen LogP contribution >= 0.6 is 0 Å². The van der Waals surface area contributed by atoms with Crippen LogP contribution in [0.4, 0.5) is 0 Å². The number of aromatic nitrogens is 1. The van der Waals surface area contributed by atoms with E-state index in [0.29, 0.717) is 29.4 Å². The molecule has 11 nitrogen and oxygen atoms in total. The van der Waals surface area contributed by atoms with Gasteiger partial charge in [0, 0.05) is 18.5 Å². The number of fused-ring (bicyclic) bond motifs is 3. The highest BCUT2D eigenvalue weighted by molar-refractivity contribution is 5.90. The number of esters is 1. The maximum atomic E-state index is 14.4. The van der Waals surface area contributed by atoms with Crippen LogP contribution in [0.5, 0.6) is 11.5 Å². The Kier molecular flexibility index (Phi) is 10.4. The molecule has 0 radical (unpaired) electrons. The van der Waals surface area contributed by atoms with Crippen LogP contribution in [0, 0.1) is 5.92 Å². The number of aliphatic hydroxyl groups is 1. The van der Waals surface area contributed by atoms with Gasteiger partial charge in [0.15, 0.2) is 17.1 Å². The smallest absolute Gasteiger partial charge is 0.312 e. The number of benzene rings is 4. The second-order valence-electron chi connectivity index (χ2n) is 12.2. The Labute approximate surface area is 288 Å². The van der Waals surface area contributed by atoms with E-state index < -0.39 is 42.3 Å². The standard InChI is InChI=1S/C39H38N2O9/c1-3-47-39(46)30(21-36(42)43)37(44)38(45)41(22-25-15-16-26-9-4-5-10-27(26)19-25)24(2)29(28-17-18-33-34(20-28)49-23-48-33)11-8-14-35-40-31-12-6-7-13-32(31)50-35/h4-10,12-20,24,29-30,37,44H,3,11,21-23H2,1-2H3,(H,42,43)/b14-8+/t24-,29+,30+,37+/m1/s1. The lowest BCUT2D eigenvalue weighted by atomic mass is 9.86. The van der Waals surface area contributed by atoms with Gasteiger partial charge in [0.05, 0.1) is 13.0 Å². The van der Waals surface area contributed by atoms with Crippen LogP contribution in [0.15, 0.2) is 95.4 Å². The maximum absolute atomic E-state index is 14.4. The summed E-state index contributed by atoms with van der Waals surface area (Å²) in [4.78, 5) is 45.0. The number of carbonyl (C=O) groups is 3. The molecule has 2 heterocycles. The van der Waals surface area contributed by atoms with E-state index in [1.54, 1.807) is 13.0 Å². The van der Waals surface area contributed by atoms with E-state index in [0.717, 1.165) is 27.4 Å². The first-order chi connectivity index (χ1) is 24.2. The van der Waals surface area contributed by atoms with Gasteiger partial charge in [-0.15, -0.1) is 0 Å². The van der Waals surface area contributed by atoms with E-state index in [-0.39, 0.29) is 25.9 Å². The molecule has 4 aromatic carbocycles. The first-order valence-electron chi connectivity index (χ1n) is 16.5. The van der Waals surface area contributed by atoms with Crippen LogP contribution in [0.25, 0.3) is 27.9 Å². The Bertz CT molecular complexity index is 2000. The zero-order valence-corrected chi connectivity index (χ0v) is 27.7. The highest BCUT2D eigenvalue weighted by atomic mass is 16.7. The van der Waals surface area contributed by atoms with Gasteiger partial charge in [0.25, 0.3) is 5.91 Å². The second-order valence-corrected chi connectivity index (χ2v) is 12.2. The number of carboxylic acids is 1. The predicted molar refractivity (Wildman–Crippen MR) is 185 cm³/mol. The maximum Gasteiger partial charge on any atom is 0.312 e. The van der Waals surface area contributed by atoms with Gasteiger partial charge in [-0.2, -0.15) is 0 Å². The van der Waals surface area contributed by atoms with Gasteiger partial charge in [-0.05, 0) is 78.6 Å². The molecule has 1 amide bonds. The van der Waals surface area contributed by atoms with Crippen molar-refractivity contribution in [1.82, 2.24) is 9.88 Å². The van der Waals surface area contributed by atoms with Crippen LogP contribution in [0.2, 0.25) is 0 Å². The molecule has 0 fully saturated rings. The molecule has 0 aliphatic carbocycles. The van der Waals surface area contributed by atoms with Gasteiger partial charge in [-0.25, -0.2) is 4.98 Å². The number of oxazole rings is 1. The summed E-state index contributed by atoms with van der Waals surface area (Å²) in [6.07, 6.45) is 1.36. The second kappa shape index (κ2) is 15.3. The molecule has 1 aliphatic rings. The number of carboxylic acid groups (broad SMARTS) is 1. The molecule has 0 spiro atoms. The zero-order chi connectivity index (χ0) is 35.2. The number of ether oxygens (including phenoxy) is 3. The SMILES string of the molecule is CCOC(=O)[C@@H](CC(=O)O)[C@H](O)C(=O)N(Cc1ccc2ccccc2c1)[C@H](C)[C@H](C/C=C/c1nc2ccccc2o1)c1ccc2c(c1)OCO2.